The molecule has 0 bridgehead atoms. The van der Waals surface area contributed by atoms with Crippen LogP contribution in [0.15, 0.2) is 47.2 Å². The van der Waals surface area contributed by atoms with Gasteiger partial charge in [-0.05, 0) is 37.1 Å². The van der Waals surface area contributed by atoms with Gasteiger partial charge in [-0.3, -0.25) is 9.78 Å². The Morgan fingerprint density at radius 2 is 2.29 bits per heavy atom. The van der Waals surface area contributed by atoms with Crippen molar-refractivity contribution in [3.8, 4) is 0 Å². The van der Waals surface area contributed by atoms with Crippen molar-refractivity contribution in [2.24, 2.45) is 0 Å². The number of carbonyl (C=O) groups excluding carboxylic acids is 1. The predicted octanol–water partition coefficient (Wildman–Crippen LogP) is 2.50. The summed E-state index contributed by atoms with van der Waals surface area (Å²) in [6.07, 6.45) is 5.39. The predicted molar refractivity (Wildman–Crippen MR) is 76.7 cm³/mol. The van der Waals surface area contributed by atoms with Gasteiger partial charge in [-0.2, -0.15) is 0 Å². The molecular formula is C16H18N2O3. The lowest BCUT2D eigenvalue weighted by molar-refractivity contribution is 0.0481. The van der Waals surface area contributed by atoms with E-state index in [2.05, 4.69) is 4.98 Å². The Kier molecular flexibility index (Phi) is 4.31. The van der Waals surface area contributed by atoms with Gasteiger partial charge in [0.05, 0.1) is 24.6 Å². The monoisotopic (exact) mass is 286 g/mol. The maximum absolute atomic E-state index is 12.5. The van der Waals surface area contributed by atoms with Crippen LogP contribution in [-0.2, 0) is 11.3 Å². The maximum atomic E-state index is 12.5. The van der Waals surface area contributed by atoms with Gasteiger partial charge in [-0.1, -0.05) is 6.07 Å². The third-order valence-corrected chi connectivity index (χ3v) is 3.55. The molecule has 5 heteroatoms. The summed E-state index contributed by atoms with van der Waals surface area (Å²) in [4.78, 5) is 18.6. The number of nitrogens with zero attached hydrogens (tertiary/aromatic N) is 2. The first kappa shape index (κ1) is 13.8. The van der Waals surface area contributed by atoms with E-state index in [-0.39, 0.29) is 12.0 Å². The highest BCUT2D eigenvalue weighted by Gasteiger charge is 2.25. The molecule has 3 heterocycles. The zero-order valence-electron chi connectivity index (χ0n) is 11.8. The number of pyridine rings is 1. The Balaban J connectivity index is 1.75. The third-order valence-electron chi connectivity index (χ3n) is 3.55. The number of rotatable bonds is 5. The Morgan fingerprint density at radius 1 is 1.33 bits per heavy atom. The van der Waals surface area contributed by atoms with Crippen LogP contribution in [0, 0.1) is 0 Å². The van der Waals surface area contributed by atoms with Crippen molar-refractivity contribution in [2.45, 2.75) is 25.5 Å². The summed E-state index contributed by atoms with van der Waals surface area (Å²) in [5, 5.41) is 0. The van der Waals surface area contributed by atoms with E-state index in [1.165, 1.54) is 6.26 Å². The second-order valence-electron chi connectivity index (χ2n) is 5.12. The first-order chi connectivity index (χ1) is 10.3. The molecule has 1 saturated heterocycles. The van der Waals surface area contributed by atoms with Crippen LogP contribution in [0.1, 0.15) is 29.1 Å². The molecule has 21 heavy (non-hydrogen) atoms. The van der Waals surface area contributed by atoms with Gasteiger partial charge in [0, 0.05) is 19.3 Å². The minimum atomic E-state index is -0.124. The molecule has 1 aliphatic heterocycles. The lowest BCUT2D eigenvalue weighted by atomic mass is 10.2. The fraction of sp³-hybridized carbons (Fsp3) is 0.375. The summed E-state index contributed by atoms with van der Waals surface area (Å²) in [6.45, 7) is 1.80. The van der Waals surface area contributed by atoms with Crippen LogP contribution < -0.4 is 0 Å². The molecular weight excluding hydrogens is 268 g/mol. The molecule has 2 aromatic rings. The Bertz CT molecular complexity index is 562. The molecule has 0 aromatic carbocycles. The largest absolute Gasteiger partial charge is 0.459 e. The molecule has 1 amide bonds. The second-order valence-corrected chi connectivity index (χ2v) is 5.12. The van der Waals surface area contributed by atoms with Crippen LogP contribution in [-0.4, -0.2) is 35.0 Å². The summed E-state index contributed by atoms with van der Waals surface area (Å²) in [5.41, 5.74) is 0.857. The smallest absolute Gasteiger partial charge is 0.289 e. The molecule has 1 aliphatic rings. The number of carbonyl (C=O) groups is 1. The molecule has 3 rings (SSSR count). The number of amides is 1. The topological polar surface area (TPSA) is 55.6 Å². The van der Waals surface area contributed by atoms with E-state index in [9.17, 15) is 4.79 Å². The fourth-order valence-electron chi connectivity index (χ4n) is 2.50. The molecule has 0 saturated carbocycles. The van der Waals surface area contributed by atoms with Crippen LogP contribution in [0.5, 0.6) is 0 Å². The normalized spacial score (nSPS) is 17.8. The molecule has 1 atom stereocenters. The van der Waals surface area contributed by atoms with Gasteiger partial charge >= 0.3 is 0 Å². The number of hydrogen-bond donors (Lipinski definition) is 0. The minimum Gasteiger partial charge on any atom is -0.459 e. The summed E-state index contributed by atoms with van der Waals surface area (Å²) >= 11 is 0. The van der Waals surface area contributed by atoms with Gasteiger partial charge in [-0.15, -0.1) is 0 Å². The number of aromatic nitrogens is 1. The Hall–Kier alpha value is -2.14. The van der Waals surface area contributed by atoms with Crippen LogP contribution in [0.25, 0.3) is 0 Å². The van der Waals surface area contributed by atoms with E-state index in [0.29, 0.717) is 18.8 Å². The summed E-state index contributed by atoms with van der Waals surface area (Å²) in [5.74, 6) is 0.227. The van der Waals surface area contributed by atoms with Crippen molar-refractivity contribution in [3.63, 3.8) is 0 Å². The Labute approximate surface area is 123 Å². The highest BCUT2D eigenvalue weighted by Crippen LogP contribution is 2.17. The number of hydrogen-bond acceptors (Lipinski definition) is 4. The molecule has 0 aliphatic carbocycles. The van der Waals surface area contributed by atoms with Gasteiger partial charge in [-0.25, -0.2) is 0 Å². The lowest BCUT2D eigenvalue weighted by Gasteiger charge is -2.24. The second kappa shape index (κ2) is 6.54. The molecule has 0 N–H and O–H groups in total. The van der Waals surface area contributed by atoms with Crippen LogP contribution in [0.3, 0.4) is 0 Å². The van der Waals surface area contributed by atoms with Gasteiger partial charge in [0.25, 0.3) is 5.91 Å². The average Bonchev–Trinajstić information content (AvgIpc) is 3.20. The van der Waals surface area contributed by atoms with E-state index >= 15 is 0 Å². The lowest BCUT2D eigenvalue weighted by Crippen LogP contribution is -2.37. The number of furan rings is 1. The standard InChI is InChI=1S/C16H18N2O3/c19-16(15-7-4-10-21-15)18(12-14-6-3-9-20-14)11-13-5-1-2-8-17-13/h1-2,4-5,7-8,10,14H,3,6,9,11-12H2/t14-/m0/s1. The van der Waals surface area contributed by atoms with Crippen molar-refractivity contribution in [1.82, 2.24) is 9.88 Å². The van der Waals surface area contributed by atoms with Gasteiger partial charge in [0.1, 0.15) is 0 Å². The molecule has 110 valence electrons. The zero-order valence-corrected chi connectivity index (χ0v) is 11.8. The van der Waals surface area contributed by atoms with E-state index in [1.807, 2.05) is 18.2 Å². The van der Waals surface area contributed by atoms with Crippen LogP contribution >= 0.6 is 0 Å². The molecule has 0 radical (unpaired) electrons. The SMILES string of the molecule is O=C(c1ccco1)N(Cc1ccccn1)C[C@@H]1CCCO1. The zero-order chi connectivity index (χ0) is 14.5. The summed E-state index contributed by atoms with van der Waals surface area (Å²) in [7, 11) is 0. The minimum absolute atomic E-state index is 0.104. The van der Waals surface area contributed by atoms with Crippen molar-refractivity contribution < 1.29 is 13.9 Å². The van der Waals surface area contributed by atoms with Gasteiger partial charge in [0.2, 0.25) is 0 Å². The van der Waals surface area contributed by atoms with Crippen molar-refractivity contribution >= 4 is 5.91 Å². The molecule has 1 fully saturated rings. The van der Waals surface area contributed by atoms with Crippen molar-refractivity contribution in [2.75, 3.05) is 13.2 Å². The molecule has 0 unspecified atom stereocenters. The highest BCUT2D eigenvalue weighted by molar-refractivity contribution is 5.91. The van der Waals surface area contributed by atoms with E-state index < -0.39 is 0 Å². The molecule has 5 nitrogen and oxygen atoms in total. The van der Waals surface area contributed by atoms with Gasteiger partial charge in [0.15, 0.2) is 5.76 Å². The van der Waals surface area contributed by atoms with E-state index in [0.717, 1.165) is 25.1 Å². The summed E-state index contributed by atoms with van der Waals surface area (Å²) < 4.78 is 10.9. The van der Waals surface area contributed by atoms with E-state index in [1.54, 1.807) is 23.2 Å². The van der Waals surface area contributed by atoms with Crippen molar-refractivity contribution in [1.29, 1.82) is 0 Å². The first-order valence-electron chi connectivity index (χ1n) is 7.17. The highest BCUT2D eigenvalue weighted by atomic mass is 16.5. The fourth-order valence-corrected chi connectivity index (χ4v) is 2.50. The maximum Gasteiger partial charge on any atom is 0.289 e. The van der Waals surface area contributed by atoms with Crippen LogP contribution in [0.2, 0.25) is 0 Å². The summed E-state index contributed by atoms with van der Waals surface area (Å²) in [6, 6.07) is 9.10. The Morgan fingerprint density at radius 3 is 2.95 bits per heavy atom. The van der Waals surface area contributed by atoms with Crippen molar-refractivity contribution in [3.05, 3.63) is 54.2 Å². The van der Waals surface area contributed by atoms with E-state index in [4.69, 9.17) is 9.15 Å². The molecule has 0 spiro atoms. The van der Waals surface area contributed by atoms with Gasteiger partial charge < -0.3 is 14.1 Å². The first-order valence-corrected chi connectivity index (χ1v) is 7.17. The third kappa shape index (κ3) is 3.49. The number of ether oxygens (including phenoxy) is 1. The average molecular weight is 286 g/mol. The van der Waals surface area contributed by atoms with Crippen LogP contribution in [0.4, 0.5) is 0 Å². The quantitative estimate of drug-likeness (QED) is 0.847. The molecule has 2 aromatic heterocycles.